The van der Waals surface area contributed by atoms with Gasteiger partial charge in [0.05, 0.1) is 11.4 Å². The molecule has 1 aliphatic heterocycles. The molecule has 3 heterocycles. The molecule has 2 amide bonds. The van der Waals surface area contributed by atoms with Crippen molar-refractivity contribution in [3.05, 3.63) is 59.2 Å². The number of carbonyl (C=O) groups is 2. The first kappa shape index (κ1) is 21.5. The van der Waals surface area contributed by atoms with Gasteiger partial charge in [0, 0.05) is 56.5 Å². The molecule has 1 atom stereocenters. The Morgan fingerprint density at radius 1 is 1.25 bits per heavy atom. The molecule has 1 aromatic carbocycles. The van der Waals surface area contributed by atoms with Gasteiger partial charge < -0.3 is 20.1 Å². The zero-order valence-corrected chi connectivity index (χ0v) is 18.4. The number of rotatable bonds is 6. The zero-order chi connectivity index (χ0) is 22.8. The average molecular weight is 435 g/mol. The van der Waals surface area contributed by atoms with E-state index in [4.69, 9.17) is 15.2 Å². The zero-order valence-electron chi connectivity index (χ0n) is 18.4. The quantitative estimate of drug-likeness (QED) is 0.633. The molecule has 2 N–H and O–H groups in total. The lowest BCUT2D eigenvalue weighted by atomic mass is 9.95. The van der Waals surface area contributed by atoms with Crippen LogP contribution < -0.4 is 10.6 Å². The van der Waals surface area contributed by atoms with Crippen molar-refractivity contribution in [3.8, 4) is 11.1 Å². The molecule has 2 aromatic heterocycles. The number of carbonyl (C=O) groups excluding carboxylic acids is 2. The summed E-state index contributed by atoms with van der Waals surface area (Å²) >= 11 is 0. The number of aromatic nitrogens is 3. The maximum atomic E-state index is 12.9. The van der Waals surface area contributed by atoms with Crippen molar-refractivity contribution in [2.45, 2.75) is 25.7 Å². The molecule has 0 radical (unpaired) electrons. The summed E-state index contributed by atoms with van der Waals surface area (Å²) in [6, 6.07) is 8.78. The van der Waals surface area contributed by atoms with Gasteiger partial charge in [-0.05, 0) is 30.5 Å². The van der Waals surface area contributed by atoms with Gasteiger partial charge in [0.2, 0.25) is 17.6 Å². The van der Waals surface area contributed by atoms with Crippen LogP contribution >= 0.6 is 0 Å². The Morgan fingerprint density at radius 2 is 2.00 bits per heavy atom. The molecule has 0 spiro atoms. The van der Waals surface area contributed by atoms with Gasteiger partial charge in [-0.25, -0.2) is 9.97 Å². The molecule has 1 saturated heterocycles. The maximum absolute atomic E-state index is 12.9. The molecule has 0 aliphatic carbocycles. The van der Waals surface area contributed by atoms with Crippen molar-refractivity contribution in [1.82, 2.24) is 20.0 Å². The number of hydrogen-bond acceptors (Lipinski definition) is 7. The third kappa shape index (κ3) is 4.18. The third-order valence-electron chi connectivity index (χ3n) is 5.68. The van der Waals surface area contributed by atoms with Gasteiger partial charge >= 0.3 is 0 Å². The summed E-state index contributed by atoms with van der Waals surface area (Å²) in [5.41, 5.74) is 9.21. The molecule has 9 heteroatoms. The Balaban J connectivity index is 1.63. The number of aryl methyl sites for hydroxylation is 1. The van der Waals surface area contributed by atoms with Crippen LogP contribution in [0.2, 0.25) is 0 Å². The number of hydrogen-bond donors (Lipinski definition) is 1. The highest BCUT2D eigenvalue weighted by molar-refractivity contribution is 5.93. The van der Waals surface area contributed by atoms with E-state index >= 15 is 0 Å². The van der Waals surface area contributed by atoms with Crippen molar-refractivity contribution in [2.24, 2.45) is 5.73 Å². The summed E-state index contributed by atoms with van der Waals surface area (Å²) in [5.74, 6) is 0.278. The van der Waals surface area contributed by atoms with E-state index in [1.54, 1.807) is 29.3 Å². The van der Waals surface area contributed by atoms with Gasteiger partial charge in [-0.3, -0.25) is 9.59 Å². The molecule has 3 aromatic rings. The van der Waals surface area contributed by atoms with Crippen LogP contribution in [0.3, 0.4) is 0 Å². The number of nitrogens with two attached hydrogens (primary N) is 1. The van der Waals surface area contributed by atoms with E-state index in [1.807, 2.05) is 38.1 Å². The molecule has 4 rings (SSSR count). The topological polar surface area (TPSA) is 118 Å². The molecule has 0 bridgehead atoms. The Kier molecular flexibility index (Phi) is 5.89. The fraction of sp³-hybridized carbons (Fsp3) is 0.348. The van der Waals surface area contributed by atoms with E-state index in [9.17, 15) is 9.59 Å². The van der Waals surface area contributed by atoms with Gasteiger partial charge in [0.15, 0.2) is 0 Å². The van der Waals surface area contributed by atoms with Crippen LogP contribution in [0.1, 0.15) is 51.6 Å². The normalized spacial score (nSPS) is 15.7. The summed E-state index contributed by atoms with van der Waals surface area (Å²) < 4.78 is 5.23. The van der Waals surface area contributed by atoms with E-state index < -0.39 is 5.91 Å². The first-order valence-electron chi connectivity index (χ1n) is 10.6. The Labute approximate surface area is 186 Å². The van der Waals surface area contributed by atoms with E-state index in [2.05, 4.69) is 10.1 Å². The van der Waals surface area contributed by atoms with Crippen LogP contribution in [0.25, 0.3) is 11.1 Å². The number of likely N-dealkylation sites (tertiary alicyclic amines) is 1. The Bertz CT molecular complexity index is 1140. The Hall–Kier alpha value is -3.75. The summed E-state index contributed by atoms with van der Waals surface area (Å²) in [6.45, 7) is 3.09. The van der Waals surface area contributed by atoms with E-state index in [-0.39, 0.29) is 17.6 Å². The van der Waals surface area contributed by atoms with Crippen LogP contribution in [0.5, 0.6) is 0 Å². The minimum atomic E-state index is -0.473. The van der Waals surface area contributed by atoms with Gasteiger partial charge in [-0.1, -0.05) is 24.2 Å². The highest BCUT2D eigenvalue weighted by Crippen LogP contribution is 2.34. The van der Waals surface area contributed by atoms with Crippen LogP contribution in [0.4, 0.5) is 5.95 Å². The molecular weight excluding hydrogens is 408 g/mol. The molecule has 1 fully saturated rings. The average Bonchev–Trinajstić information content (AvgIpc) is 3.48. The molecule has 0 unspecified atom stereocenters. The number of anilines is 1. The van der Waals surface area contributed by atoms with E-state index in [0.717, 1.165) is 28.9 Å². The lowest BCUT2D eigenvalue weighted by molar-refractivity contribution is 0.0749. The number of nitrogens with zero attached hydrogens (tertiary/aromatic N) is 5. The SMILES string of the molecule is CCc1cc(C(=O)N2CC[C@@H](c3nc(N(C)C)ncc3-c3ccc(C(N)=O)cc3)C2)on1. The van der Waals surface area contributed by atoms with Crippen LogP contribution in [0, 0.1) is 0 Å². The highest BCUT2D eigenvalue weighted by Gasteiger charge is 2.32. The third-order valence-corrected chi connectivity index (χ3v) is 5.68. The predicted molar refractivity (Wildman–Crippen MR) is 119 cm³/mol. The summed E-state index contributed by atoms with van der Waals surface area (Å²) in [7, 11) is 3.78. The second-order valence-electron chi connectivity index (χ2n) is 8.08. The van der Waals surface area contributed by atoms with E-state index in [1.165, 1.54) is 0 Å². The fourth-order valence-corrected chi connectivity index (χ4v) is 3.85. The standard InChI is InChI=1S/C23H26N6O3/c1-4-17-11-19(32-27-17)22(31)29-10-9-16(13-29)20-18(12-25-23(26-20)28(2)3)14-5-7-15(8-6-14)21(24)30/h5-8,11-12,16H,4,9-10,13H2,1-3H3,(H2,24,30)/t16-/m1/s1. The van der Waals surface area contributed by atoms with Gasteiger partial charge in [-0.15, -0.1) is 0 Å². The molecule has 166 valence electrons. The largest absolute Gasteiger partial charge is 0.366 e. The van der Waals surface area contributed by atoms with Crippen molar-refractivity contribution >= 4 is 17.8 Å². The lowest BCUT2D eigenvalue weighted by Crippen LogP contribution is -2.28. The minimum absolute atomic E-state index is 0.0417. The van der Waals surface area contributed by atoms with Crippen LogP contribution in [0.15, 0.2) is 41.1 Å². The fourth-order valence-electron chi connectivity index (χ4n) is 3.85. The van der Waals surface area contributed by atoms with Crippen LogP contribution in [-0.4, -0.2) is 59.0 Å². The number of benzene rings is 1. The monoisotopic (exact) mass is 434 g/mol. The van der Waals surface area contributed by atoms with Crippen molar-refractivity contribution in [3.63, 3.8) is 0 Å². The summed E-state index contributed by atoms with van der Waals surface area (Å²) in [5, 5.41) is 3.93. The van der Waals surface area contributed by atoms with Gasteiger partial charge in [0.1, 0.15) is 0 Å². The second kappa shape index (κ2) is 8.78. The predicted octanol–water partition coefficient (Wildman–Crippen LogP) is 2.49. The minimum Gasteiger partial charge on any atom is -0.366 e. The summed E-state index contributed by atoms with van der Waals surface area (Å²) in [4.78, 5) is 37.2. The molecule has 1 aliphatic rings. The Morgan fingerprint density at radius 3 is 2.62 bits per heavy atom. The first-order valence-corrected chi connectivity index (χ1v) is 10.6. The lowest BCUT2D eigenvalue weighted by Gasteiger charge is -2.19. The van der Waals surface area contributed by atoms with Crippen LogP contribution in [-0.2, 0) is 6.42 Å². The summed E-state index contributed by atoms with van der Waals surface area (Å²) in [6.07, 6.45) is 3.29. The second-order valence-corrected chi connectivity index (χ2v) is 8.08. The van der Waals surface area contributed by atoms with Crippen molar-refractivity contribution in [2.75, 3.05) is 32.1 Å². The van der Waals surface area contributed by atoms with Crippen molar-refractivity contribution < 1.29 is 14.1 Å². The van der Waals surface area contributed by atoms with Crippen molar-refractivity contribution in [1.29, 1.82) is 0 Å². The molecule has 9 nitrogen and oxygen atoms in total. The number of amides is 2. The van der Waals surface area contributed by atoms with E-state index in [0.29, 0.717) is 31.0 Å². The molecule has 32 heavy (non-hydrogen) atoms. The van der Waals surface area contributed by atoms with Gasteiger partial charge in [0.25, 0.3) is 5.91 Å². The maximum Gasteiger partial charge on any atom is 0.292 e. The van der Waals surface area contributed by atoms with Gasteiger partial charge in [-0.2, -0.15) is 0 Å². The molecular formula is C23H26N6O3. The highest BCUT2D eigenvalue weighted by atomic mass is 16.5. The smallest absolute Gasteiger partial charge is 0.292 e. The molecule has 0 saturated carbocycles. The first-order chi connectivity index (χ1) is 15.4. The number of primary amides is 1.